The fourth-order valence-electron chi connectivity index (χ4n) is 3.29. The van der Waals surface area contributed by atoms with Crippen LogP contribution in [0.15, 0.2) is 60.9 Å². The molecular formula is C24H24N4O2S. The molecule has 0 atom stereocenters. The summed E-state index contributed by atoms with van der Waals surface area (Å²) in [4.78, 5) is 23.3. The van der Waals surface area contributed by atoms with E-state index in [1.807, 2.05) is 48.5 Å². The maximum Gasteiger partial charge on any atom is 0.251 e. The molecular weight excluding hydrogens is 408 g/mol. The summed E-state index contributed by atoms with van der Waals surface area (Å²) in [7, 11) is 1.65. The van der Waals surface area contributed by atoms with Gasteiger partial charge in [-0.05, 0) is 54.8 Å². The Balaban J connectivity index is 1.29. The second-order valence-corrected chi connectivity index (χ2v) is 8.44. The standard InChI is InChI=1S/C24H24N4O2S/c1-16-13-21-22(27-15-28-24(21)31-16)26-14-18-3-7-19(8-4-18)23(29)25-12-11-17-5-9-20(30-2)10-6-17/h3-10,13,15H,11-12,14H2,1-2H3,(H,25,29)(H,26,27,28). The molecule has 0 spiro atoms. The number of fused-ring (bicyclic) bond motifs is 1. The number of benzene rings is 2. The van der Waals surface area contributed by atoms with Crippen LogP contribution in [-0.2, 0) is 13.0 Å². The number of carbonyl (C=O) groups is 1. The largest absolute Gasteiger partial charge is 0.497 e. The summed E-state index contributed by atoms with van der Waals surface area (Å²) < 4.78 is 5.16. The first-order chi connectivity index (χ1) is 15.1. The Kier molecular flexibility index (Phi) is 6.43. The Labute approximate surface area is 185 Å². The van der Waals surface area contributed by atoms with Crippen molar-refractivity contribution in [2.75, 3.05) is 19.0 Å². The van der Waals surface area contributed by atoms with Crippen LogP contribution < -0.4 is 15.4 Å². The Morgan fingerprint density at radius 2 is 1.77 bits per heavy atom. The molecule has 1 amide bonds. The average molecular weight is 433 g/mol. The van der Waals surface area contributed by atoms with E-state index in [1.165, 1.54) is 4.88 Å². The van der Waals surface area contributed by atoms with Crippen molar-refractivity contribution in [2.45, 2.75) is 19.9 Å². The molecule has 0 aliphatic carbocycles. The minimum Gasteiger partial charge on any atom is -0.497 e. The summed E-state index contributed by atoms with van der Waals surface area (Å²) >= 11 is 1.66. The summed E-state index contributed by atoms with van der Waals surface area (Å²) in [5, 5.41) is 7.39. The lowest BCUT2D eigenvalue weighted by Gasteiger charge is -2.09. The molecule has 0 unspecified atom stereocenters. The zero-order valence-corrected chi connectivity index (χ0v) is 18.3. The molecule has 0 aliphatic heterocycles. The average Bonchev–Trinajstić information content (AvgIpc) is 3.19. The van der Waals surface area contributed by atoms with Gasteiger partial charge in [0.25, 0.3) is 5.91 Å². The molecule has 31 heavy (non-hydrogen) atoms. The van der Waals surface area contributed by atoms with Gasteiger partial charge in [-0.15, -0.1) is 11.3 Å². The summed E-state index contributed by atoms with van der Waals surface area (Å²) in [6, 6.07) is 17.6. The number of aryl methyl sites for hydroxylation is 1. The van der Waals surface area contributed by atoms with Gasteiger partial charge in [0, 0.05) is 23.5 Å². The molecule has 0 saturated heterocycles. The van der Waals surface area contributed by atoms with Gasteiger partial charge in [-0.1, -0.05) is 24.3 Å². The lowest BCUT2D eigenvalue weighted by atomic mass is 10.1. The van der Waals surface area contributed by atoms with Gasteiger partial charge in [0.2, 0.25) is 0 Å². The van der Waals surface area contributed by atoms with Crippen molar-refractivity contribution in [3.05, 3.63) is 82.5 Å². The summed E-state index contributed by atoms with van der Waals surface area (Å²) in [6.07, 6.45) is 2.35. The number of anilines is 1. The maximum absolute atomic E-state index is 12.4. The van der Waals surface area contributed by atoms with Gasteiger partial charge in [-0.25, -0.2) is 9.97 Å². The number of hydrogen-bond donors (Lipinski definition) is 2. The predicted molar refractivity (Wildman–Crippen MR) is 125 cm³/mol. The van der Waals surface area contributed by atoms with Gasteiger partial charge >= 0.3 is 0 Å². The van der Waals surface area contributed by atoms with Crippen LogP contribution in [0.2, 0.25) is 0 Å². The summed E-state index contributed by atoms with van der Waals surface area (Å²) in [5.74, 6) is 1.59. The van der Waals surface area contributed by atoms with E-state index in [0.717, 1.165) is 39.3 Å². The van der Waals surface area contributed by atoms with E-state index in [0.29, 0.717) is 18.7 Å². The molecule has 2 heterocycles. The highest BCUT2D eigenvalue weighted by molar-refractivity contribution is 7.18. The molecule has 4 aromatic rings. The summed E-state index contributed by atoms with van der Waals surface area (Å²) in [5.41, 5.74) is 2.88. The third kappa shape index (κ3) is 5.19. The lowest BCUT2D eigenvalue weighted by Crippen LogP contribution is -2.25. The number of thiophene rings is 1. The van der Waals surface area contributed by atoms with E-state index in [9.17, 15) is 4.79 Å². The Morgan fingerprint density at radius 3 is 2.52 bits per heavy atom. The number of amides is 1. The number of nitrogens with zero attached hydrogens (tertiary/aromatic N) is 2. The molecule has 2 aromatic heterocycles. The molecule has 0 fully saturated rings. The van der Waals surface area contributed by atoms with Crippen LogP contribution in [0.5, 0.6) is 5.75 Å². The fraction of sp³-hybridized carbons (Fsp3) is 0.208. The molecule has 4 rings (SSSR count). The molecule has 2 aromatic carbocycles. The van der Waals surface area contributed by atoms with E-state index < -0.39 is 0 Å². The minimum absolute atomic E-state index is 0.0701. The highest BCUT2D eigenvalue weighted by Gasteiger charge is 2.08. The van der Waals surface area contributed by atoms with Gasteiger partial charge < -0.3 is 15.4 Å². The van der Waals surface area contributed by atoms with E-state index in [2.05, 4.69) is 33.6 Å². The van der Waals surface area contributed by atoms with Crippen molar-refractivity contribution >= 4 is 33.3 Å². The highest BCUT2D eigenvalue weighted by Crippen LogP contribution is 2.27. The second kappa shape index (κ2) is 9.57. The first-order valence-corrected chi connectivity index (χ1v) is 10.9. The molecule has 7 heteroatoms. The second-order valence-electron chi connectivity index (χ2n) is 7.20. The fourth-order valence-corrected chi connectivity index (χ4v) is 4.14. The van der Waals surface area contributed by atoms with Crippen LogP contribution in [0, 0.1) is 6.92 Å². The number of hydrogen-bond acceptors (Lipinski definition) is 6. The van der Waals surface area contributed by atoms with E-state index >= 15 is 0 Å². The van der Waals surface area contributed by atoms with Crippen LogP contribution in [0.1, 0.15) is 26.4 Å². The first kappa shape index (κ1) is 20.8. The van der Waals surface area contributed by atoms with Crippen molar-refractivity contribution < 1.29 is 9.53 Å². The number of methoxy groups -OCH3 is 1. The van der Waals surface area contributed by atoms with E-state index in [1.54, 1.807) is 24.8 Å². The van der Waals surface area contributed by atoms with Gasteiger partial charge in [0.05, 0.1) is 12.5 Å². The van der Waals surface area contributed by atoms with E-state index in [4.69, 9.17) is 4.74 Å². The predicted octanol–water partition coefficient (Wildman–Crippen LogP) is 4.59. The molecule has 6 nitrogen and oxygen atoms in total. The number of nitrogens with one attached hydrogen (secondary N) is 2. The van der Waals surface area contributed by atoms with Crippen molar-refractivity contribution in [1.29, 1.82) is 0 Å². The third-order valence-corrected chi connectivity index (χ3v) is 5.95. The molecule has 0 saturated carbocycles. The topological polar surface area (TPSA) is 76.1 Å². The van der Waals surface area contributed by atoms with Gasteiger partial charge in [-0.3, -0.25) is 4.79 Å². The van der Waals surface area contributed by atoms with E-state index in [-0.39, 0.29) is 5.91 Å². The molecule has 0 aliphatic rings. The zero-order valence-electron chi connectivity index (χ0n) is 17.5. The first-order valence-electron chi connectivity index (χ1n) is 10.1. The van der Waals surface area contributed by atoms with Crippen LogP contribution in [0.4, 0.5) is 5.82 Å². The number of ether oxygens (including phenoxy) is 1. The SMILES string of the molecule is COc1ccc(CCNC(=O)c2ccc(CNc3ncnc4sc(C)cc34)cc2)cc1. The smallest absolute Gasteiger partial charge is 0.251 e. The minimum atomic E-state index is -0.0701. The number of aromatic nitrogens is 2. The van der Waals surface area contributed by atoms with Crippen LogP contribution >= 0.6 is 11.3 Å². The number of carbonyl (C=O) groups excluding carboxylic acids is 1. The van der Waals surface area contributed by atoms with Crippen molar-refractivity contribution in [1.82, 2.24) is 15.3 Å². The third-order valence-electron chi connectivity index (χ3n) is 4.99. The quantitative estimate of drug-likeness (QED) is 0.426. The Hall–Kier alpha value is -3.45. The highest BCUT2D eigenvalue weighted by atomic mass is 32.1. The molecule has 158 valence electrons. The normalized spacial score (nSPS) is 10.8. The molecule has 0 radical (unpaired) electrons. The maximum atomic E-state index is 12.4. The Bertz CT molecular complexity index is 1170. The Morgan fingerprint density at radius 1 is 1.03 bits per heavy atom. The van der Waals surface area contributed by atoms with Gasteiger partial charge in [-0.2, -0.15) is 0 Å². The monoisotopic (exact) mass is 432 g/mol. The van der Waals surface area contributed by atoms with Gasteiger partial charge in [0.15, 0.2) is 0 Å². The van der Waals surface area contributed by atoms with Crippen molar-refractivity contribution in [3.63, 3.8) is 0 Å². The van der Waals surface area contributed by atoms with Crippen molar-refractivity contribution in [3.8, 4) is 5.75 Å². The van der Waals surface area contributed by atoms with Crippen LogP contribution in [0.25, 0.3) is 10.2 Å². The molecule has 0 bridgehead atoms. The number of rotatable bonds is 8. The van der Waals surface area contributed by atoms with Gasteiger partial charge in [0.1, 0.15) is 22.7 Å². The van der Waals surface area contributed by atoms with Crippen LogP contribution in [0.3, 0.4) is 0 Å². The lowest BCUT2D eigenvalue weighted by molar-refractivity contribution is 0.0954. The molecule has 2 N–H and O–H groups in total. The van der Waals surface area contributed by atoms with Crippen molar-refractivity contribution in [2.24, 2.45) is 0 Å². The van der Waals surface area contributed by atoms with Crippen LogP contribution in [-0.4, -0.2) is 29.5 Å². The summed E-state index contributed by atoms with van der Waals surface area (Å²) in [6.45, 7) is 3.27. The zero-order chi connectivity index (χ0) is 21.6.